The monoisotopic (exact) mass is 356 g/mol. The number of hydrogen-bond donors (Lipinski definition) is 0. The van der Waals surface area contributed by atoms with Gasteiger partial charge in [-0.15, -0.1) is 0 Å². The van der Waals surface area contributed by atoms with E-state index in [2.05, 4.69) is 20.9 Å². The van der Waals surface area contributed by atoms with Crippen LogP contribution in [0, 0.1) is 18.3 Å². The predicted octanol–water partition coefficient (Wildman–Crippen LogP) is 5.12. The second-order valence-electron chi connectivity index (χ2n) is 3.72. The van der Waals surface area contributed by atoms with Crippen molar-refractivity contribution in [1.82, 2.24) is 4.98 Å². The highest BCUT2D eigenvalue weighted by Crippen LogP contribution is 2.36. The molecular weight excluding hydrogens is 351 g/mol. The first-order valence-electron chi connectivity index (χ1n) is 5.21. The maximum absolute atomic E-state index is 9.02. The lowest BCUT2D eigenvalue weighted by atomic mass is 10.2. The number of pyridine rings is 1. The number of aryl methyl sites for hydroxylation is 1. The van der Waals surface area contributed by atoms with Crippen molar-refractivity contribution in [3.63, 3.8) is 0 Å². The third kappa shape index (κ3) is 3.19. The van der Waals surface area contributed by atoms with E-state index in [1.165, 1.54) is 0 Å². The Morgan fingerprint density at radius 2 is 2.00 bits per heavy atom. The number of nitrogens with zero attached hydrogens (tertiary/aromatic N) is 2. The molecule has 0 amide bonds. The van der Waals surface area contributed by atoms with E-state index in [1.54, 1.807) is 24.3 Å². The zero-order valence-electron chi connectivity index (χ0n) is 9.75. The summed E-state index contributed by atoms with van der Waals surface area (Å²) in [5, 5.41) is 9.86. The predicted molar refractivity (Wildman–Crippen MR) is 77.9 cm³/mol. The molecule has 0 bridgehead atoms. The number of halogens is 3. The van der Waals surface area contributed by atoms with Gasteiger partial charge in [-0.1, -0.05) is 23.2 Å². The minimum Gasteiger partial charge on any atom is -0.436 e. The summed E-state index contributed by atoms with van der Waals surface area (Å²) in [6, 6.07) is 8.59. The second-order valence-corrected chi connectivity index (χ2v) is 5.38. The van der Waals surface area contributed by atoms with Crippen LogP contribution in [0.2, 0.25) is 10.0 Å². The van der Waals surface area contributed by atoms with Crippen molar-refractivity contribution < 1.29 is 4.74 Å². The molecule has 2 aromatic rings. The molecule has 0 aliphatic rings. The molecule has 0 spiro atoms. The second kappa shape index (κ2) is 5.79. The van der Waals surface area contributed by atoms with Gasteiger partial charge in [0.1, 0.15) is 17.4 Å². The molecule has 0 N–H and O–H groups in total. The summed E-state index contributed by atoms with van der Waals surface area (Å²) >= 11 is 15.3. The van der Waals surface area contributed by atoms with E-state index in [4.69, 9.17) is 33.2 Å². The molecule has 1 heterocycles. The first-order chi connectivity index (χ1) is 9.01. The third-order valence-corrected chi connectivity index (χ3v) is 3.79. The lowest BCUT2D eigenvalue weighted by molar-refractivity contribution is 0.460. The Balaban J connectivity index is 2.45. The Morgan fingerprint density at radius 1 is 1.26 bits per heavy atom. The van der Waals surface area contributed by atoms with Gasteiger partial charge in [-0.2, -0.15) is 5.26 Å². The van der Waals surface area contributed by atoms with E-state index in [9.17, 15) is 0 Å². The van der Waals surface area contributed by atoms with E-state index < -0.39 is 0 Å². The summed E-state index contributed by atoms with van der Waals surface area (Å²) in [5.41, 5.74) is 1.08. The van der Waals surface area contributed by atoms with Crippen LogP contribution < -0.4 is 4.74 Å². The van der Waals surface area contributed by atoms with Crippen LogP contribution in [0.5, 0.6) is 11.6 Å². The normalized spacial score (nSPS) is 10.1. The average molecular weight is 358 g/mol. The van der Waals surface area contributed by atoms with Gasteiger partial charge in [0.15, 0.2) is 0 Å². The SMILES string of the molecule is Cc1ccc(C#N)c(Oc2cc(Cl)c(Br)cc2Cl)n1. The number of nitriles is 1. The van der Waals surface area contributed by atoms with Crippen LogP contribution in [-0.4, -0.2) is 4.98 Å². The molecule has 19 heavy (non-hydrogen) atoms. The largest absolute Gasteiger partial charge is 0.436 e. The van der Waals surface area contributed by atoms with Crippen molar-refractivity contribution >= 4 is 39.1 Å². The quantitative estimate of drug-likeness (QED) is 0.700. The molecule has 6 heteroatoms. The molecule has 0 radical (unpaired) electrons. The van der Waals surface area contributed by atoms with Crippen LogP contribution in [-0.2, 0) is 0 Å². The van der Waals surface area contributed by atoms with Crippen molar-refractivity contribution in [2.75, 3.05) is 0 Å². The zero-order chi connectivity index (χ0) is 14.0. The van der Waals surface area contributed by atoms with Gasteiger partial charge < -0.3 is 4.74 Å². The first-order valence-corrected chi connectivity index (χ1v) is 6.76. The van der Waals surface area contributed by atoms with Gasteiger partial charge in [0.2, 0.25) is 5.88 Å². The molecule has 0 aliphatic heterocycles. The molecule has 1 aromatic carbocycles. The van der Waals surface area contributed by atoms with Crippen LogP contribution >= 0.6 is 39.1 Å². The van der Waals surface area contributed by atoms with E-state index in [0.717, 1.165) is 5.69 Å². The Labute approximate surface area is 128 Å². The number of ether oxygens (including phenoxy) is 1. The van der Waals surface area contributed by atoms with E-state index in [0.29, 0.717) is 25.8 Å². The number of aromatic nitrogens is 1. The summed E-state index contributed by atoms with van der Waals surface area (Å²) in [4.78, 5) is 4.17. The fourth-order valence-corrected chi connectivity index (χ4v) is 2.21. The van der Waals surface area contributed by atoms with Crippen LogP contribution in [0.1, 0.15) is 11.3 Å². The molecule has 2 rings (SSSR count). The number of benzene rings is 1. The standard InChI is InChI=1S/C13H7BrCl2N2O/c1-7-2-3-8(6-17)13(18-7)19-12-5-10(15)9(14)4-11(12)16/h2-5H,1H3. The fraction of sp³-hybridized carbons (Fsp3) is 0.0769. The molecule has 96 valence electrons. The number of hydrogen-bond acceptors (Lipinski definition) is 3. The van der Waals surface area contributed by atoms with E-state index in [1.807, 2.05) is 13.0 Å². The van der Waals surface area contributed by atoms with Gasteiger partial charge in [-0.3, -0.25) is 0 Å². The molecule has 0 saturated heterocycles. The molecule has 1 aromatic heterocycles. The fourth-order valence-electron chi connectivity index (χ4n) is 1.38. The van der Waals surface area contributed by atoms with Crippen LogP contribution in [0.3, 0.4) is 0 Å². The van der Waals surface area contributed by atoms with Crippen LogP contribution in [0.4, 0.5) is 0 Å². The third-order valence-electron chi connectivity index (χ3n) is 2.30. The Hall–Kier alpha value is -1.28. The van der Waals surface area contributed by atoms with Gasteiger partial charge >= 0.3 is 0 Å². The van der Waals surface area contributed by atoms with E-state index >= 15 is 0 Å². The van der Waals surface area contributed by atoms with Crippen molar-refractivity contribution in [1.29, 1.82) is 5.26 Å². The first kappa shape index (κ1) is 14.1. The Kier molecular flexibility index (Phi) is 4.31. The van der Waals surface area contributed by atoms with Crippen molar-refractivity contribution in [3.05, 3.63) is 50.0 Å². The summed E-state index contributed by atoms with van der Waals surface area (Å²) in [6.07, 6.45) is 0. The molecule has 0 atom stereocenters. The smallest absolute Gasteiger partial charge is 0.237 e. The van der Waals surface area contributed by atoms with Gasteiger partial charge in [0.25, 0.3) is 0 Å². The van der Waals surface area contributed by atoms with Crippen LogP contribution in [0.15, 0.2) is 28.7 Å². The Morgan fingerprint density at radius 3 is 2.68 bits per heavy atom. The highest BCUT2D eigenvalue weighted by Gasteiger charge is 2.12. The highest BCUT2D eigenvalue weighted by molar-refractivity contribution is 9.10. The van der Waals surface area contributed by atoms with Crippen molar-refractivity contribution in [2.45, 2.75) is 6.92 Å². The van der Waals surface area contributed by atoms with Gasteiger partial charge in [0, 0.05) is 16.2 Å². The number of rotatable bonds is 2. The summed E-state index contributed by atoms with van der Waals surface area (Å²) < 4.78 is 6.25. The molecule has 0 unspecified atom stereocenters. The molecule has 0 fully saturated rings. The maximum Gasteiger partial charge on any atom is 0.237 e. The average Bonchev–Trinajstić information content (AvgIpc) is 2.36. The minimum absolute atomic E-state index is 0.211. The minimum atomic E-state index is 0.211. The van der Waals surface area contributed by atoms with Gasteiger partial charge in [-0.25, -0.2) is 4.98 Å². The Bertz CT molecular complexity index is 683. The molecular formula is C13H7BrCl2N2O. The lowest BCUT2D eigenvalue weighted by Crippen LogP contribution is -1.94. The zero-order valence-corrected chi connectivity index (χ0v) is 12.8. The summed E-state index contributed by atoms with van der Waals surface area (Å²) in [5.74, 6) is 0.562. The van der Waals surface area contributed by atoms with Gasteiger partial charge in [0.05, 0.1) is 10.0 Å². The van der Waals surface area contributed by atoms with Gasteiger partial charge in [-0.05, 0) is 41.1 Å². The van der Waals surface area contributed by atoms with Crippen LogP contribution in [0.25, 0.3) is 0 Å². The maximum atomic E-state index is 9.02. The van der Waals surface area contributed by atoms with E-state index in [-0.39, 0.29) is 5.88 Å². The topological polar surface area (TPSA) is 45.9 Å². The van der Waals surface area contributed by atoms with Crippen molar-refractivity contribution in [3.8, 4) is 17.7 Å². The highest BCUT2D eigenvalue weighted by atomic mass is 79.9. The molecule has 0 saturated carbocycles. The lowest BCUT2D eigenvalue weighted by Gasteiger charge is -2.09. The molecule has 0 aliphatic carbocycles. The summed E-state index contributed by atoms with van der Waals surface area (Å²) in [6.45, 7) is 1.81. The summed E-state index contributed by atoms with van der Waals surface area (Å²) in [7, 11) is 0. The molecule has 3 nitrogen and oxygen atoms in total. The van der Waals surface area contributed by atoms with Crippen molar-refractivity contribution in [2.24, 2.45) is 0 Å².